The van der Waals surface area contributed by atoms with Crippen molar-refractivity contribution in [2.75, 3.05) is 5.73 Å². The third kappa shape index (κ3) is 3.17. The average molecular weight is 378 g/mol. The SMILES string of the molecule is CCc1ccc(-c2cc(-c3ccc(Br)cc3)nc(N)c2C#N)cc1. The molecule has 3 aromatic rings. The first kappa shape index (κ1) is 16.2. The highest BCUT2D eigenvalue weighted by atomic mass is 79.9. The fourth-order valence-corrected chi connectivity index (χ4v) is 2.86. The van der Waals surface area contributed by atoms with E-state index in [4.69, 9.17) is 5.73 Å². The van der Waals surface area contributed by atoms with Crippen LogP contribution in [0, 0.1) is 11.3 Å². The van der Waals surface area contributed by atoms with Gasteiger partial charge in [0.2, 0.25) is 0 Å². The Labute approximate surface area is 149 Å². The lowest BCUT2D eigenvalue weighted by Crippen LogP contribution is -1.99. The molecule has 0 saturated heterocycles. The summed E-state index contributed by atoms with van der Waals surface area (Å²) in [6.07, 6.45) is 0.980. The van der Waals surface area contributed by atoms with Crippen molar-refractivity contribution >= 4 is 21.7 Å². The number of rotatable bonds is 3. The fourth-order valence-electron chi connectivity index (χ4n) is 2.60. The predicted octanol–water partition coefficient (Wildman–Crippen LogP) is 5.19. The zero-order valence-electron chi connectivity index (χ0n) is 13.3. The molecule has 2 aromatic carbocycles. The van der Waals surface area contributed by atoms with Crippen LogP contribution in [0.4, 0.5) is 5.82 Å². The number of pyridine rings is 1. The van der Waals surface area contributed by atoms with Crippen LogP contribution in [0.3, 0.4) is 0 Å². The molecule has 0 fully saturated rings. The van der Waals surface area contributed by atoms with Crippen molar-refractivity contribution in [3.8, 4) is 28.5 Å². The molecule has 3 nitrogen and oxygen atoms in total. The summed E-state index contributed by atoms with van der Waals surface area (Å²) in [4.78, 5) is 4.40. The summed E-state index contributed by atoms with van der Waals surface area (Å²) in [6, 6.07) is 20.2. The number of nitrogen functional groups attached to an aromatic ring is 1. The van der Waals surface area contributed by atoms with E-state index < -0.39 is 0 Å². The Kier molecular flexibility index (Phi) is 4.64. The molecule has 2 N–H and O–H groups in total. The number of anilines is 1. The van der Waals surface area contributed by atoms with Crippen LogP contribution in [0.2, 0.25) is 0 Å². The smallest absolute Gasteiger partial charge is 0.142 e. The Hall–Kier alpha value is -2.64. The lowest BCUT2D eigenvalue weighted by atomic mass is 9.97. The molecular formula is C20H16BrN3. The first-order chi connectivity index (χ1) is 11.6. The van der Waals surface area contributed by atoms with E-state index in [1.54, 1.807) is 0 Å². The highest BCUT2D eigenvalue weighted by Crippen LogP contribution is 2.31. The van der Waals surface area contributed by atoms with E-state index in [2.05, 4.69) is 46.0 Å². The van der Waals surface area contributed by atoms with Crippen molar-refractivity contribution < 1.29 is 0 Å². The topological polar surface area (TPSA) is 62.7 Å². The Balaban J connectivity index is 2.16. The van der Waals surface area contributed by atoms with Crippen LogP contribution in [-0.2, 0) is 6.42 Å². The summed E-state index contributed by atoms with van der Waals surface area (Å²) in [7, 11) is 0. The van der Waals surface area contributed by atoms with Crippen molar-refractivity contribution in [2.45, 2.75) is 13.3 Å². The van der Waals surface area contributed by atoms with Crippen LogP contribution >= 0.6 is 15.9 Å². The van der Waals surface area contributed by atoms with Crippen LogP contribution in [0.25, 0.3) is 22.4 Å². The van der Waals surface area contributed by atoms with E-state index in [0.717, 1.165) is 33.3 Å². The molecule has 1 aromatic heterocycles. The molecule has 4 heteroatoms. The van der Waals surface area contributed by atoms with Gasteiger partial charge in [0, 0.05) is 15.6 Å². The van der Waals surface area contributed by atoms with E-state index in [1.165, 1.54) is 5.56 Å². The van der Waals surface area contributed by atoms with Crippen LogP contribution in [0.1, 0.15) is 18.1 Å². The Morgan fingerprint density at radius 2 is 1.67 bits per heavy atom. The lowest BCUT2D eigenvalue weighted by molar-refractivity contribution is 1.14. The number of nitrogens with zero attached hydrogens (tertiary/aromatic N) is 2. The molecule has 0 aliphatic rings. The van der Waals surface area contributed by atoms with Crippen LogP contribution in [-0.4, -0.2) is 4.98 Å². The highest BCUT2D eigenvalue weighted by molar-refractivity contribution is 9.10. The summed E-state index contributed by atoms with van der Waals surface area (Å²) in [5.74, 6) is 0.257. The number of aryl methyl sites for hydroxylation is 1. The van der Waals surface area contributed by atoms with Gasteiger partial charge in [-0.1, -0.05) is 59.3 Å². The van der Waals surface area contributed by atoms with Crippen molar-refractivity contribution in [2.24, 2.45) is 0 Å². The second-order valence-electron chi connectivity index (χ2n) is 5.48. The number of hydrogen-bond acceptors (Lipinski definition) is 3. The molecule has 0 atom stereocenters. The van der Waals surface area contributed by atoms with Crippen molar-refractivity contribution in [1.29, 1.82) is 5.26 Å². The third-order valence-corrected chi connectivity index (χ3v) is 4.50. The van der Waals surface area contributed by atoms with Gasteiger partial charge in [0.1, 0.15) is 17.5 Å². The van der Waals surface area contributed by atoms with E-state index in [1.807, 2.05) is 42.5 Å². The summed E-state index contributed by atoms with van der Waals surface area (Å²) >= 11 is 3.43. The van der Waals surface area contributed by atoms with Gasteiger partial charge < -0.3 is 5.73 Å². The first-order valence-electron chi connectivity index (χ1n) is 7.68. The second kappa shape index (κ2) is 6.86. The molecule has 24 heavy (non-hydrogen) atoms. The molecule has 0 unspecified atom stereocenters. The maximum absolute atomic E-state index is 9.48. The fraction of sp³-hybridized carbons (Fsp3) is 0.100. The number of nitriles is 1. The Bertz CT molecular complexity index is 907. The molecule has 0 saturated carbocycles. The molecule has 1 heterocycles. The molecule has 0 aliphatic heterocycles. The van der Waals surface area contributed by atoms with E-state index >= 15 is 0 Å². The maximum Gasteiger partial charge on any atom is 0.142 e. The molecular weight excluding hydrogens is 362 g/mol. The van der Waals surface area contributed by atoms with Gasteiger partial charge in [-0.15, -0.1) is 0 Å². The summed E-state index contributed by atoms with van der Waals surface area (Å²) in [6.45, 7) is 2.12. The van der Waals surface area contributed by atoms with Crippen molar-refractivity contribution in [1.82, 2.24) is 4.98 Å². The number of halogens is 1. The molecule has 0 aliphatic carbocycles. The maximum atomic E-state index is 9.48. The highest BCUT2D eigenvalue weighted by Gasteiger charge is 2.13. The second-order valence-corrected chi connectivity index (χ2v) is 6.40. The molecule has 3 rings (SSSR count). The Morgan fingerprint density at radius 1 is 1.04 bits per heavy atom. The van der Waals surface area contributed by atoms with Gasteiger partial charge in [0.25, 0.3) is 0 Å². The van der Waals surface area contributed by atoms with Gasteiger partial charge >= 0.3 is 0 Å². The van der Waals surface area contributed by atoms with Gasteiger partial charge in [0.15, 0.2) is 0 Å². The average Bonchev–Trinajstić information content (AvgIpc) is 2.61. The summed E-state index contributed by atoms with van der Waals surface area (Å²) in [5.41, 5.74) is 11.2. The van der Waals surface area contributed by atoms with E-state index in [9.17, 15) is 5.26 Å². The molecule has 0 spiro atoms. The number of nitrogens with two attached hydrogens (primary N) is 1. The monoisotopic (exact) mass is 377 g/mol. The van der Waals surface area contributed by atoms with E-state index in [0.29, 0.717) is 5.56 Å². The zero-order chi connectivity index (χ0) is 17.1. The van der Waals surface area contributed by atoms with Gasteiger partial charge in [-0.2, -0.15) is 5.26 Å². The molecule has 118 valence electrons. The van der Waals surface area contributed by atoms with Crippen molar-refractivity contribution in [3.05, 3.63) is 70.2 Å². The molecule has 0 bridgehead atoms. The first-order valence-corrected chi connectivity index (χ1v) is 8.47. The molecule has 0 amide bonds. The van der Waals surface area contributed by atoms with Gasteiger partial charge in [-0.25, -0.2) is 4.98 Å². The minimum absolute atomic E-state index is 0.257. The third-order valence-electron chi connectivity index (χ3n) is 3.97. The number of aromatic nitrogens is 1. The summed E-state index contributed by atoms with van der Waals surface area (Å²) in [5, 5.41) is 9.48. The van der Waals surface area contributed by atoms with Gasteiger partial charge in [0.05, 0.1) is 5.69 Å². The minimum Gasteiger partial charge on any atom is -0.383 e. The largest absolute Gasteiger partial charge is 0.383 e. The summed E-state index contributed by atoms with van der Waals surface area (Å²) < 4.78 is 1.00. The molecule has 0 radical (unpaired) electrons. The normalized spacial score (nSPS) is 10.4. The number of benzene rings is 2. The lowest BCUT2D eigenvalue weighted by Gasteiger charge is -2.11. The van der Waals surface area contributed by atoms with Crippen LogP contribution in [0.15, 0.2) is 59.1 Å². The van der Waals surface area contributed by atoms with E-state index in [-0.39, 0.29) is 5.82 Å². The van der Waals surface area contributed by atoms with Crippen LogP contribution < -0.4 is 5.73 Å². The Morgan fingerprint density at radius 3 is 2.25 bits per heavy atom. The quantitative estimate of drug-likeness (QED) is 0.682. The van der Waals surface area contributed by atoms with Gasteiger partial charge in [-0.05, 0) is 35.7 Å². The minimum atomic E-state index is 0.257. The number of hydrogen-bond donors (Lipinski definition) is 1. The van der Waals surface area contributed by atoms with Gasteiger partial charge in [-0.3, -0.25) is 0 Å². The predicted molar refractivity (Wildman–Crippen MR) is 101 cm³/mol. The standard InChI is InChI=1S/C20H16BrN3/c1-2-13-3-5-14(6-4-13)17-11-19(24-20(23)18(17)12-22)15-7-9-16(21)10-8-15/h3-11H,2H2,1H3,(H2,23,24). The van der Waals surface area contributed by atoms with Crippen LogP contribution in [0.5, 0.6) is 0 Å². The zero-order valence-corrected chi connectivity index (χ0v) is 14.8. The van der Waals surface area contributed by atoms with Crippen molar-refractivity contribution in [3.63, 3.8) is 0 Å².